The Morgan fingerprint density at radius 2 is 1.08 bits per heavy atom. The van der Waals surface area contributed by atoms with Crippen LogP contribution in [0.5, 0.6) is 5.75 Å². The smallest absolute Gasteiger partial charge is 0.314 e. The average Bonchev–Trinajstić information content (AvgIpc) is 3.22. The first-order chi connectivity index (χ1) is 23.0. The quantitative estimate of drug-likeness (QED) is 0.140. The second-order valence-electron chi connectivity index (χ2n) is 14.4. The summed E-state index contributed by atoms with van der Waals surface area (Å²) >= 11 is 0. The zero-order valence-electron chi connectivity index (χ0n) is 30.1. The summed E-state index contributed by atoms with van der Waals surface area (Å²) in [4.78, 5) is 82.9. The predicted molar refractivity (Wildman–Crippen MR) is 176 cm³/mol. The Hall–Kier alpha value is -4.16. The first-order valence-corrected chi connectivity index (χ1v) is 17.0. The van der Waals surface area contributed by atoms with Gasteiger partial charge >= 0.3 is 35.7 Å². The predicted octanol–water partition coefficient (Wildman–Crippen LogP) is 4.04. The average molecular weight is 689 g/mol. The Labute approximate surface area is 288 Å². The van der Waals surface area contributed by atoms with Crippen molar-refractivity contribution >= 4 is 35.7 Å². The van der Waals surface area contributed by atoms with Gasteiger partial charge in [0.2, 0.25) is 0 Å². The second kappa shape index (κ2) is 17.5. The van der Waals surface area contributed by atoms with E-state index in [9.17, 15) is 28.8 Å². The minimum atomic E-state index is -1.45. The number of hydrogen-bond acceptors (Lipinski definition) is 11. The fourth-order valence-electron chi connectivity index (χ4n) is 5.89. The van der Waals surface area contributed by atoms with E-state index in [2.05, 4.69) is 0 Å². The van der Waals surface area contributed by atoms with E-state index in [-0.39, 0.29) is 55.9 Å². The lowest BCUT2D eigenvalue weighted by atomic mass is 9.90. The summed E-state index contributed by atoms with van der Waals surface area (Å²) in [7, 11) is 1.52. The van der Waals surface area contributed by atoms with Crippen molar-refractivity contribution in [2.75, 3.05) is 13.7 Å². The van der Waals surface area contributed by atoms with E-state index in [0.29, 0.717) is 11.3 Å². The molecule has 2 amide bonds. The Morgan fingerprint density at radius 1 is 0.633 bits per heavy atom. The van der Waals surface area contributed by atoms with E-state index in [1.165, 1.54) is 12.0 Å². The molecule has 1 aromatic carbocycles. The van der Waals surface area contributed by atoms with Crippen molar-refractivity contribution in [1.82, 2.24) is 9.80 Å². The van der Waals surface area contributed by atoms with Crippen LogP contribution in [0.25, 0.3) is 0 Å². The molecule has 0 aliphatic carbocycles. The molecular weight excluding hydrogens is 636 g/mol. The first kappa shape index (κ1) is 39.3. The van der Waals surface area contributed by atoms with Crippen LogP contribution in [0.15, 0.2) is 24.3 Å². The van der Waals surface area contributed by atoms with Gasteiger partial charge in [0.05, 0.1) is 7.11 Å². The summed E-state index contributed by atoms with van der Waals surface area (Å²) in [6.07, 6.45) is -5.59. The molecule has 13 nitrogen and oxygen atoms in total. The van der Waals surface area contributed by atoms with Crippen LogP contribution in [-0.4, -0.2) is 89.7 Å². The summed E-state index contributed by atoms with van der Waals surface area (Å²) in [5.41, 5.74) is 0.634. The minimum Gasteiger partial charge on any atom is -0.497 e. The lowest BCUT2D eigenvalue weighted by molar-refractivity contribution is -0.227. The molecular formula is C36H52N2O11. The van der Waals surface area contributed by atoms with E-state index in [1.54, 1.807) is 24.3 Å². The fourth-order valence-corrected chi connectivity index (χ4v) is 5.89. The van der Waals surface area contributed by atoms with Crippen molar-refractivity contribution in [2.24, 2.45) is 23.7 Å². The molecule has 49 heavy (non-hydrogen) atoms. The number of nitrogens with zero attached hydrogens (tertiary/aromatic N) is 2. The number of fused-ring (bicyclic) bond motifs is 1. The summed E-state index contributed by atoms with van der Waals surface area (Å²) in [5.74, 6) is -4.19. The van der Waals surface area contributed by atoms with Crippen molar-refractivity contribution in [3.05, 3.63) is 29.8 Å². The highest BCUT2D eigenvalue weighted by atomic mass is 16.6. The SMILES string of the molecule is COc1ccc(CN2C(=O)C(=O)N3[C@H](COC(=O)CC(C)C)[C@@H](OC(=O)CC(C)C)[C@H](OC(=O)CC(C)C)[C@H](OC(=O)CC(C)C)[C@@H]23)cc1. The molecule has 0 radical (unpaired) electrons. The number of carbonyl (C=O) groups excluding carboxylic acids is 6. The third-order valence-electron chi connectivity index (χ3n) is 7.99. The number of piperidine rings is 1. The van der Waals surface area contributed by atoms with Gasteiger partial charge in [-0.15, -0.1) is 0 Å². The van der Waals surface area contributed by atoms with Crippen LogP contribution in [0.1, 0.15) is 86.6 Å². The van der Waals surface area contributed by atoms with Gasteiger partial charge in [0.1, 0.15) is 24.6 Å². The van der Waals surface area contributed by atoms with Crippen LogP contribution in [0, 0.1) is 23.7 Å². The van der Waals surface area contributed by atoms with Crippen molar-refractivity contribution in [2.45, 2.75) is 118 Å². The Morgan fingerprint density at radius 3 is 1.55 bits per heavy atom. The molecule has 0 aromatic heterocycles. The van der Waals surface area contributed by atoms with Crippen LogP contribution in [0.2, 0.25) is 0 Å². The van der Waals surface area contributed by atoms with E-state index in [0.717, 1.165) is 4.90 Å². The van der Waals surface area contributed by atoms with Gasteiger partial charge in [0.25, 0.3) is 0 Å². The highest BCUT2D eigenvalue weighted by molar-refractivity contribution is 6.37. The summed E-state index contributed by atoms with van der Waals surface area (Å²) < 4.78 is 28.9. The maximum Gasteiger partial charge on any atom is 0.314 e. The third-order valence-corrected chi connectivity index (χ3v) is 7.99. The maximum atomic E-state index is 14.0. The number of hydrogen-bond donors (Lipinski definition) is 0. The van der Waals surface area contributed by atoms with Crippen LogP contribution >= 0.6 is 0 Å². The normalized spacial score (nSPS) is 22.1. The standard InChI is InChI=1S/C36H52N2O11/c1-20(2)14-27(39)46-19-26-31(47-28(40)15-21(3)4)32(48-29(41)16-22(5)6)33(49-30(42)17-23(7)8)34-37(35(43)36(44)38(26)34)18-24-10-12-25(45-9)13-11-24/h10-13,20-23,26,31-34H,14-19H2,1-9H3/t26-,31-,32+,33+,34+/m1/s1. The molecule has 0 saturated carbocycles. The van der Waals surface area contributed by atoms with Gasteiger partial charge in [0.15, 0.2) is 18.3 Å². The zero-order chi connectivity index (χ0) is 36.6. The van der Waals surface area contributed by atoms with Crippen molar-refractivity contribution in [3.63, 3.8) is 0 Å². The molecule has 0 spiro atoms. The van der Waals surface area contributed by atoms with Crippen molar-refractivity contribution in [1.29, 1.82) is 0 Å². The molecule has 3 rings (SSSR count). The molecule has 2 fully saturated rings. The number of benzene rings is 1. The largest absolute Gasteiger partial charge is 0.497 e. The van der Waals surface area contributed by atoms with E-state index in [4.69, 9.17) is 23.7 Å². The van der Waals surface area contributed by atoms with Crippen molar-refractivity contribution < 1.29 is 52.5 Å². The number of esters is 4. The number of ether oxygens (including phenoxy) is 5. The summed E-state index contributed by atoms with van der Waals surface area (Å²) in [6, 6.07) is 5.60. The molecule has 2 aliphatic rings. The van der Waals surface area contributed by atoms with Gasteiger partial charge in [0, 0.05) is 32.2 Å². The lowest BCUT2D eigenvalue weighted by Gasteiger charge is -2.49. The van der Waals surface area contributed by atoms with Crippen LogP contribution in [0.3, 0.4) is 0 Å². The maximum absolute atomic E-state index is 14.0. The van der Waals surface area contributed by atoms with Crippen LogP contribution in [-0.2, 0) is 54.3 Å². The molecule has 2 saturated heterocycles. The van der Waals surface area contributed by atoms with Gasteiger partial charge in [-0.3, -0.25) is 33.7 Å². The Balaban J connectivity index is 2.21. The molecule has 13 heteroatoms. The van der Waals surface area contributed by atoms with E-state index in [1.807, 2.05) is 55.4 Å². The molecule has 272 valence electrons. The minimum absolute atomic E-state index is 0.00827. The highest BCUT2D eigenvalue weighted by Gasteiger charge is 2.63. The number of amides is 2. The van der Waals surface area contributed by atoms with Gasteiger partial charge < -0.3 is 28.6 Å². The van der Waals surface area contributed by atoms with Crippen LogP contribution < -0.4 is 4.74 Å². The van der Waals surface area contributed by atoms with E-state index < -0.39 is 72.8 Å². The molecule has 0 N–H and O–H groups in total. The monoisotopic (exact) mass is 688 g/mol. The lowest BCUT2D eigenvalue weighted by Crippen LogP contribution is -2.71. The van der Waals surface area contributed by atoms with Gasteiger partial charge in [-0.25, -0.2) is 0 Å². The fraction of sp³-hybridized carbons (Fsp3) is 0.667. The van der Waals surface area contributed by atoms with Gasteiger partial charge in [-0.1, -0.05) is 67.5 Å². The summed E-state index contributed by atoms with van der Waals surface area (Å²) in [5, 5.41) is 0. The topological polar surface area (TPSA) is 155 Å². The van der Waals surface area contributed by atoms with Gasteiger partial charge in [-0.2, -0.15) is 0 Å². The number of rotatable bonds is 16. The summed E-state index contributed by atoms with van der Waals surface area (Å²) in [6.45, 7) is 14.1. The molecule has 0 unspecified atom stereocenters. The third kappa shape index (κ3) is 10.7. The molecule has 5 atom stereocenters. The first-order valence-electron chi connectivity index (χ1n) is 17.0. The molecule has 0 bridgehead atoms. The number of carbonyl (C=O) groups is 6. The molecule has 2 heterocycles. The second-order valence-corrected chi connectivity index (χ2v) is 14.4. The molecule has 2 aliphatic heterocycles. The molecule has 1 aromatic rings. The zero-order valence-corrected chi connectivity index (χ0v) is 30.1. The highest BCUT2D eigenvalue weighted by Crippen LogP contribution is 2.38. The van der Waals surface area contributed by atoms with Gasteiger partial charge in [-0.05, 0) is 41.4 Å². The Kier molecular flexibility index (Phi) is 14.0. The number of methoxy groups -OCH3 is 1. The van der Waals surface area contributed by atoms with Crippen molar-refractivity contribution in [3.8, 4) is 5.75 Å². The van der Waals surface area contributed by atoms with E-state index >= 15 is 0 Å². The Bertz CT molecular complexity index is 1340. The van der Waals surface area contributed by atoms with Crippen LogP contribution in [0.4, 0.5) is 0 Å².